The molecule has 1 rings (SSSR count). The standard InChI is InChI=1S/C12H17Cl2NO2/c1-3-10(7-16)15-6-8-4-9(13)5-11(14)12(8)17-2/h4-5,10,15-16H,3,6-7H2,1-2H3. The largest absolute Gasteiger partial charge is 0.495 e. The fourth-order valence-electron chi connectivity index (χ4n) is 1.57. The molecule has 0 bridgehead atoms. The van der Waals surface area contributed by atoms with Crippen LogP contribution in [0.3, 0.4) is 0 Å². The number of hydrogen-bond donors (Lipinski definition) is 2. The summed E-state index contributed by atoms with van der Waals surface area (Å²) >= 11 is 12.0. The second-order valence-electron chi connectivity index (χ2n) is 3.75. The Morgan fingerprint density at radius 1 is 1.41 bits per heavy atom. The topological polar surface area (TPSA) is 41.5 Å². The van der Waals surface area contributed by atoms with Gasteiger partial charge in [0.05, 0.1) is 18.7 Å². The maximum atomic E-state index is 9.09. The molecule has 0 amide bonds. The monoisotopic (exact) mass is 277 g/mol. The van der Waals surface area contributed by atoms with Gasteiger partial charge in [0.1, 0.15) is 5.75 Å². The lowest BCUT2D eigenvalue weighted by atomic mass is 10.1. The fraction of sp³-hybridized carbons (Fsp3) is 0.500. The lowest BCUT2D eigenvalue weighted by Gasteiger charge is -2.16. The van der Waals surface area contributed by atoms with Gasteiger partial charge in [-0.05, 0) is 18.6 Å². The van der Waals surface area contributed by atoms with E-state index in [2.05, 4.69) is 5.32 Å². The second-order valence-corrected chi connectivity index (χ2v) is 4.59. The minimum atomic E-state index is 0.0671. The van der Waals surface area contributed by atoms with Crippen LogP contribution in [0.2, 0.25) is 10.0 Å². The fourth-order valence-corrected chi connectivity index (χ4v) is 2.18. The smallest absolute Gasteiger partial charge is 0.142 e. The summed E-state index contributed by atoms with van der Waals surface area (Å²) in [5.41, 5.74) is 0.886. The average molecular weight is 278 g/mol. The maximum absolute atomic E-state index is 9.09. The van der Waals surface area contributed by atoms with E-state index in [-0.39, 0.29) is 12.6 Å². The summed E-state index contributed by atoms with van der Waals surface area (Å²) in [6.45, 7) is 2.67. The Hall–Kier alpha value is -0.480. The van der Waals surface area contributed by atoms with Crippen LogP contribution in [0.1, 0.15) is 18.9 Å². The molecule has 0 heterocycles. The maximum Gasteiger partial charge on any atom is 0.142 e. The molecule has 3 nitrogen and oxygen atoms in total. The first-order valence-electron chi connectivity index (χ1n) is 5.48. The molecular formula is C12H17Cl2NO2. The molecule has 0 aliphatic carbocycles. The molecule has 1 unspecified atom stereocenters. The zero-order valence-electron chi connectivity index (χ0n) is 9.96. The number of nitrogens with one attached hydrogen (secondary N) is 1. The van der Waals surface area contributed by atoms with Crippen LogP contribution in [-0.4, -0.2) is 24.9 Å². The van der Waals surface area contributed by atoms with E-state index >= 15 is 0 Å². The van der Waals surface area contributed by atoms with Crippen LogP contribution in [0, 0.1) is 0 Å². The Bertz CT molecular complexity index is 368. The quantitative estimate of drug-likeness (QED) is 0.840. The average Bonchev–Trinajstić information content (AvgIpc) is 2.29. The molecule has 0 saturated heterocycles. The van der Waals surface area contributed by atoms with Gasteiger partial charge in [-0.1, -0.05) is 30.1 Å². The first-order valence-corrected chi connectivity index (χ1v) is 6.24. The summed E-state index contributed by atoms with van der Waals surface area (Å²) < 4.78 is 5.24. The highest BCUT2D eigenvalue weighted by Crippen LogP contribution is 2.32. The highest BCUT2D eigenvalue weighted by molar-refractivity contribution is 6.35. The highest BCUT2D eigenvalue weighted by Gasteiger charge is 2.11. The Labute approximate surface area is 112 Å². The Kier molecular flexibility index (Phi) is 6.06. The molecule has 5 heteroatoms. The van der Waals surface area contributed by atoms with Gasteiger partial charge in [-0.15, -0.1) is 0 Å². The van der Waals surface area contributed by atoms with Gasteiger partial charge < -0.3 is 15.2 Å². The van der Waals surface area contributed by atoms with E-state index in [1.54, 1.807) is 13.2 Å². The number of benzene rings is 1. The molecule has 1 aromatic rings. The summed E-state index contributed by atoms with van der Waals surface area (Å²) in [7, 11) is 1.57. The van der Waals surface area contributed by atoms with Crippen LogP contribution in [0.15, 0.2) is 12.1 Å². The predicted molar refractivity (Wildman–Crippen MR) is 71.0 cm³/mol. The SMILES string of the molecule is CCC(CO)NCc1cc(Cl)cc(Cl)c1OC. The third-order valence-corrected chi connectivity index (χ3v) is 3.08. The minimum Gasteiger partial charge on any atom is -0.495 e. The molecular weight excluding hydrogens is 261 g/mol. The molecule has 0 aromatic heterocycles. The first-order chi connectivity index (χ1) is 8.12. The molecule has 0 aliphatic rings. The summed E-state index contributed by atoms with van der Waals surface area (Å²) in [6.07, 6.45) is 0.854. The lowest BCUT2D eigenvalue weighted by Crippen LogP contribution is -2.31. The van der Waals surface area contributed by atoms with Crippen molar-refractivity contribution in [2.75, 3.05) is 13.7 Å². The Morgan fingerprint density at radius 3 is 2.65 bits per heavy atom. The number of rotatable bonds is 6. The Balaban J connectivity index is 2.82. The van der Waals surface area contributed by atoms with Crippen molar-refractivity contribution in [3.8, 4) is 5.75 Å². The molecule has 0 aliphatic heterocycles. The van der Waals surface area contributed by atoms with E-state index < -0.39 is 0 Å². The minimum absolute atomic E-state index is 0.0671. The molecule has 0 spiro atoms. The van der Waals surface area contributed by atoms with Crippen molar-refractivity contribution < 1.29 is 9.84 Å². The zero-order chi connectivity index (χ0) is 12.8. The van der Waals surface area contributed by atoms with E-state index in [0.29, 0.717) is 22.3 Å². The summed E-state index contributed by atoms with van der Waals surface area (Å²) in [5, 5.41) is 13.4. The van der Waals surface area contributed by atoms with Gasteiger partial charge in [0, 0.05) is 23.2 Å². The van der Waals surface area contributed by atoms with Crippen molar-refractivity contribution in [1.29, 1.82) is 0 Å². The highest BCUT2D eigenvalue weighted by atomic mass is 35.5. The number of halogens is 2. The third kappa shape index (κ3) is 4.03. The van der Waals surface area contributed by atoms with Gasteiger partial charge in [-0.3, -0.25) is 0 Å². The summed E-state index contributed by atoms with van der Waals surface area (Å²) in [5.74, 6) is 0.622. The van der Waals surface area contributed by atoms with Crippen molar-refractivity contribution in [1.82, 2.24) is 5.32 Å². The molecule has 1 aromatic carbocycles. The number of ether oxygens (including phenoxy) is 1. The second kappa shape index (κ2) is 7.07. The van der Waals surface area contributed by atoms with E-state index in [1.807, 2.05) is 13.0 Å². The van der Waals surface area contributed by atoms with E-state index in [9.17, 15) is 0 Å². The molecule has 1 atom stereocenters. The van der Waals surface area contributed by atoms with Crippen LogP contribution >= 0.6 is 23.2 Å². The van der Waals surface area contributed by atoms with Crippen LogP contribution < -0.4 is 10.1 Å². The molecule has 17 heavy (non-hydrogen) atoms. The molecule has 96 valence electrons. The molecule has 0 radical (unpaired) electrons. The summed E-state index contributed by atoms with van der Waals surface area (Å²) in [4.78, 5) is 0. The normalized spacial score (nSPS) is 12.5. The van der Waals surface area contributed by atoms with Gasteiger partial charge in [0.25, 0.3) is 0 Å². The number of aliphatic hydroxyl groups is 1. The van der Waals surface area contributed by atoms with Crippen LogP contribution in [0.4, 0.5) is 0 Å². The van der Waals surface area contributed by atoms with Crippen LogP contribution in [0.5, 0.6) is 5.75 Å². The van der Waals surface area contributed by atoms with E-state index in [1.165, 1.54) is 0 Å². The van der Waals surface area contributed by atoms with Crippen molar-refractivity contribution in [3.63, 3.8) is 0 Å². The Morgan fingerprint density at radius 2 is 2.12 bits per heavy atom. The van der Waals surface area contributed by atoms with Gasteiger partial charge in [-0.25, -0.2) is 0 Å². The van der Waals surface area contributed by atoms with Crippen LogP contribution in [-0.2, 0) is 6.54 Å². The van der Waals surface area contributed by atoms with Gasteiger partial charge >= 0.3 is 0 Å². The number of methoxy groups -OCH3 is 1. The van der Waals surface area contributed by atoms with Crippen LogP contribution in [0.25, 0.3) is 0 Å². The molecule has 0 saturated carbocycles. The third-order valence-electron chi connectivity index (χ3n) is 2.58. The van der Waals surface area contributed by atoms with E-state index in [4.69, 9.17) is 33.0 Å². The zero-order valence-corrected chi connectivity index (χ0v) is 11.5. The van der Waals surface area contributed by atoms with Crippen molar-refractivity contribution in [2.45, 2.75) is 25.9 Å². The lowest BCUT2D eigenvalue weighted by molar-refractivity contribution is 0.238. The molecule has 0 fully saturated rings. The summed E-state index contributed by atoms with van der Waals surface area (Å²) in [6, 6.07) is 3.52. The van der Waals surface area contributed by atoms with Gasteiger partial charge in [0.15, 0.2) is 0 Å². The van der Waals surface area contributed by atoms with Crippen molar-refractivity contribution in [3.05, 3.63) is 27.7 Å². The number of aliphatic hydroxyl groups excluding tert-OH is 1. The number of hydrogen-bond acceptors (Lipinski definition) is 3. The predicted octanol–water partition coefficient (Wildman–Crippen LogP) is 2.86. The van der Waals surface area contributed by atoms with Crippen molar-refractivity contribution >= 4 is 23.2 Å². The van der Waals surface area contributed by atoms with Crippen molar-refractivity contribution in [2.24, 2.45) is 0 Å². The first kappa shape index (κ1) is 14.6. The van der Waals surface area contributed by atoms with E-state index in [0.717, 1.165) is 12.0 Å². The van der Waals surface area contributed by atoms with Gasteiger partial charge in [-0.2, -0.15) is 0 Å². The molecule has 2 N–H and O–H groups in total. The van der Waals surface area contributed by atoms with Gasteiger partial charge in [0.2, 0.25) is 0 Å².